The molecule has 1 amide bonds. The van der Waals surface area contributed by atoms with E-state index in [1.807, 2.05) is 30.3 Å². The Morgan fingerprint density at radius 2 is 2.12 bits per heavy atom. The zero-order valence-electron chi connectivity index (χ0n) is 14.9. The Bertz CT molecular complexity index is 684. The van der Waals surface area contributed by atoms with Gasteiger partial charge < -0.3 is 10.2 Å². The van der Waals surface area contributed by atoms with Gasteiger partial charge in [-0.1, -0.05) is 30.3 Å². The van der Waals surface area contributed by atoms with Gasteiger partial charge in [-0.05, 0) is 44.4 Å². The number of hydrogen-bond donors (Lipinski definition) is 1. The molecular formula is C18H26N6O. The molecule has 1 N–H and O–H groups in total. The number of tetrazole rings is 1. The average Bonchev–Trinajstić information content (AvgIpc) is 3.09. The number of piperidine rings is 1. The van der Waals surface area contributed by atoms with Crippen molar-refractivity contribution in [2.45, 2.75) is 39.3 Å². The number of benzene rings is 1. The molecule has 0 aliphatic carbocycles. The molecule has 1 saturated heterocycles. The summed E-state index contributed by atoms with van der Waals surface area (Å²) >= 11 is 0. The molecule has 0 radical (unpaired) electrons. The van der Waals surface area contributed by atoms with E-state index in [0.717, 1.165) is 18.7 Å². The monoisotopic (exact) mass is 342 g/mol. The van der Waals surface area contributed by atoms with Gasteiger partial charge in [0, 0.05) is 24.7 Å². The van der Waals surface area contributed by atoms with Gasteiger partial charge in [-0.2, -0.15) is 4.80 Å². The number of nitrogens with one attached hydrogen (secondary N) is 1. The fraction of sp³-hybridized carbons (Fsp3) is 0.556. The molecular weight excluding hydrogens is 316 g/mol. The first kappa shape index (κ1) is 17.5. The molecule has 1 aliphatic heterocycles. The minimum Gasteiger partial charge on any atom is -0.354 e. The van der Waals surface area contributed by atoms with Gasteiger partial charge in [-0.3, -0.25) is 4.79 Å². The van der Waals surface area contributed by atoms with Crippen LogP contribution in [0.5, 0.6) is 0 Å². The number of carbonyl (C=O) groups is 1. The first-order valence-corrected chi connectivity index (χ1v) is 8.96. The van der Waals surface area contributed by atoms with Crippen molar-refractivity contribution in [1.29, 1.82) is 0 Å². The van der Waals surface area contributed by atoms with Crippen LogP contribution >= 0.6 is 0 Å². The van der Waals surface area contributed by atoms with Crippen LogP contribution in [0.3, 0.4) is 0 Å². The molecule has 2 heterocycles. The van der Waals surface area contributed by atoms with Crippen LogP contribution in [0.15, 0.2) is 30.3 Å². The maximum Gasteiger partial charge on any atom is 0.243 e. The van der Waals surface area contributed by atoms with E-state index in [0.29, 0.717) is 24.3 Å². The molecule has 1 fully saturated rings. The number of likely N-dealkylation sites (tertiary alicyclic amines) is 1. The summed E-state index contributed by atoms with van der Waals surface area (Å²) in [6, 6.07) is 10.2. The van der Waals surface area contributed by atoms with Crippen molar-refractivity contribution in [2.75, 3.05) is 19.6 Å². The smallest absolute Gasteiger partial charge is 0.243 e. The highest BCUT2D eigenvalue weighted by atomic mass is 16.2. The minimum absolute atomic E-state index is 0.0707. The Morgan fingerprint density at radius 3 is 2.88 bits per heavy atom. The molecule has 0 spiro atoms. The molecule has 1 unspecified atom stereocenters. The largest absolute Gasteiger partial charge is 0.354 e. The summed E-state index contributed by atoms with van der Waals surface area (Å²) in [5.41, 5.74) is 0.894. The van der Waals surface area contributed by atoms with Crippen LogP contribution in [-0.4, -0.2) is 56.7 Å². The molecule has 1 aromatic carbocycles. The second kappa shape index (κ2) is 8.20. The molecule has 134 valence electrons. The minimum atomic E-state index is -0.0707. The van der Waals surface area contributed by atoms with E-state index in [9.17, 15) is 4.79 Å². The van der Waals surface area contributed by atoms with E-state index < -0.39 is 0 Å². The van der Waals surface area contributed by atoms with Crippen LogP contribution < -0.4 is 5.32 Å². The summed E-state index contributed by atoms with van der Waals surface area (Å²) in [7, 11) is 0. The molecule has 3 rings (SSSR count). The quantitative estimate of drug-likeness (QED) is 0.862. The third kappa shape index (κ3) is 4.85. The summed E-state index contributed by atoms with van der Waals surface area (Å²) in [6.45, 7) is 7.47. The summed E-state index contributed by atoms with van der Waals surface area (Å²) in [5.74, 6) is 0.982. The lowest BCUT2D eigenvalue weighted by Crippen LogP contribution is -2.44. The van der Waals surface area contributed by atoms with Crippen LogP contribution in [0.4, 0.5) is 0 Å². The van der Waals surface area contributed by atoms with Crippen molar-refractivity contribution in [2.24, 2.45) is 5.92 Å². The van der Waals surface area contributed by atoms with Gasteiger partial charge in [0.25, 0.3) is 0 Å². The summed E-state index contributed by atoms with van der Waals surface area (Å²) in [4.78, 5) is 16.0. The standard InChI is InChI=1S/C18H26N6O/c1-14(2)23-10-6-7-15(12-23)11-19-17(25)13-24-21-18(20-22-24)16-8-4-3-5-9-16/h3-5,8-9,14-15H,6-7,10-13H2,1-2H3,(H,19,25). The Morgan fingerprint density at radius 1 is 1.32 bits per heavy atom. The van der Waals surface area contributed by atoms with Crippen molar-refractivity contribution >= 4 is 5.91 Å². The van der Waals surface area contributed by atoms with E-state index >= 15 is 0 Å². The van der Waals surface area contributed by atoms with E-state index in [4.69, 9.17) is 0 Å². The average molecular weight is 342 g/mol. The predicted octanol–water partition coefficient (Wildman–Crippen LogP) is 1.58. The van der Waals surface area contributed by atoms with Crippen molar-refractivity contribution in [3.8, 4) is 11.4 Å². The zero-order chi connectivity index (χ0) is 17.6. The van der Waals surface area contributed by atoms with Crippen molar-refractivity contribution in [3.05, 3.63) is 30.3 Å². The summed E-state index contributed by atoms with van der Waals surface area (Å²) in [6.07, 6.45) is 2.37. The van der Waals surface area contributed by atoms with Crippen molar-refractivity contribution in [1.82, 2.24) is 30.4 Å². The van der Waals surface area contributed by atoms with E-state index in [2.05, 4.69) is 39.5 Å². The number of carbonyl (C=O) groups excluding carboxylic acids is 1. The van der Waals surface area contributed by atoms with Crippen LogP contribution in [0.25, 0.3) is 11.4 Å². The Balaban J connectivity index is 1.47. The summed E-state index contributed by atoms with van der Waals surface area (Å²) in [5, 5.41) is 15.3. The molecule has 1 atom stereocenters. The van der Waals surface area contributed by atoms with E-state index in [-0.39, 0.29) is 12.5 Å². The number of rotatable bonds is 6. The molecule has 7 nitrogen and oxygen atoms in total. The van der Waals surface area contributed by atoms with Gasteiger partial charge >= 0.3 is 0 Å². The SMILES string of the molecule is CC(C)N1CCCC(CNC(=O)Cn2nnc(-c3ccccc3)n2)C1. The van der Waals surface area contributed by atoms with Gasteiger partial charge in [0.2, 0.25) is 11.7 Å². The van der Waals surface area contributed by atoms with E-state index in [1.165, 1.54) is 17.6 Å². The highest BCUT2D eigenvalue weighted by Gasteiger charge is 2.22. The first-order valence-electron chi connectivity index (χ1n) is 8.96. The highest BCUT2D eigenvalue weighted by Crippen LogP contribution is 2.17. The van der Waals surface area contributed by atoms with Crippen LogP contribution in [0.2, 0.25) is 0 Å². The number of nitrogens with zero attached hydrogens (tertiary/aromatic N) is 5. The lowest BCUT2D eigenvalue weighted by atomic mass is 9.97. The van der Waals surface area contributed by atoms with Gasteiger partial charge in [0.05, 0.1) is 0 Å². The summed E-state index contributed by atoms with van der Waals surface area (Å²) < 4.78 is 0. The van der Waals surface area contributed by atoms with Crippen LogP contribution in [0.1, 0.15) is 26.7 Å². The molecule has 0 bridgehead atoms. The lowest BCUT2D eigenvalue weighted by molar-refractivity contribution is -0.122. The molecule has 1 aromatic heterocycles. The Hall–Kier alpha value is -2.28. The topological polar surface area (TPSA) is 75.9 Å². The number of aromatic nitrogens is 4. The van der Waals surface area contributed by atoms with Gasteiger partial charge in [-0.15, -0.1) is 10.2 Å². The highest BCUT2D eigenvalue weighted by molar-refractivity contribution is 5.75. The maximum absolute atomic E-state index is 12.2. The molecule has 7 heteroatoms. The second-order valence-corrected chi connectivity index (χ2v) is 6.91. The number of amides is 1. The third-order valence-electron chi connectivity index (χ3n) is 4.64. The molecule has 0 saturated carbocycles. The molecule has 25 heavy (non-hydrogen) atoms. The maximum atomic E-state index is 12.2. The first-order chi connectivity index (χ1) is 12.1. The molecule has 2 aromatic rings. The second-order valence-electron chi connectivity index (χ2n) is 6.91. The number of hydrogen-bond acceptors (Lipinski definition) is 5. The fourth-order valence-corrected chi connectivity index (χ4v) is 3.19. The Kier molecular flexibility index (Phi) is 5.75. The lowest BCUT2D eigenvalue weighted by Gasteiger charge is -2.35. The van der Waals surface area contributed by atoms with Gasteiger partial charge in [0.1, 0.15) is 6.54 Å². The van der Waals surface area contributed by atoms with Gasteiger partial charge in [-0.25, -0.2) is 0 Å². The Labute approximate surface area is 148 Å². The fourth-order valence-electron chi connectivity index (χ4n) is 3.19. The van der Waals surface area contributed by atoms with E-state index in [1.54, 1.807) is 0 Å². The van der Waals surface area contributed by atoms with Crippen LogP contribution in [0, 0.1) is 5.92 Å². The van der Waals surface area contributed by atoms with Gasteiger partial charge in [0.15, 0.2) is 0 Å². The van der Waals surface area contributed by atoms with Crippen LogP contribution in [-0.2, 0) is 11.3 Å². The van der Waals surface area contributed by atoms with Crippen molar-refractivity contribution < 1.29 is 4.79 Å². The predicted molar refractivity (Wildman–Crippen MR) is 95.7 cm³/mol. The normalized spacial score (nSPS) is 18.4. The zero-order valence-corrected chi connectivity index (χ0v) is 14.9. The molecule has 1 aliphatic rings. The third-order valence-corrected chi connectivity index (χ3v) is 4.64. The van der Waals surface area contributed by atoms with Crippen molar-refractivity contribution in [3.63, 3.8) is 0 Å².